The summed E-state index contributed by atoms with van der Waals surface area (Å²) >= 11 is 0. The van der Waals surface area contributed by atoms with E-state index in [1.54, 1.807) is 12.1 Å². The fraction of sp³-hybridized carbons (Fsp3) is 0.650. The number of nitrogens with zero attached hydrogens (tertiary/aromatic N) is 3. The molecule has 1 aromatic rings. The molecule has 0 aromatic heterocycles. The van der Waals surface area contributed by atoms with Gasteiger partial charge in [-0.2, -0.15) is 0 Å². The van der Waals surface area contributed by atoms with Gasteiger partial charge >= 0.3 is 0 Å². The van der Waals surface area contributed by atoms with Gasteiger partial charge in [0.1, 0.15) is 5.82 Å². The van der Waals surface area contributed by atoms with E-state index in [0.29, 0.717) is 30.7 Å². The minimum atomic E-state index is -0.217. The normalized spacial score (nSPS) is 26.8. The molecule has 3 aliphatic rings. The highest BCUT2D eigenvalue weighted by Crippen LogP contribution is 2.38. The number of carbonyl (C=O) groups excluding carboxylic acids is 1. The van der Waals surface area contributed by atoms with Crippen LogP contribution in [0.5, 0.6) is 0 Å². The predicted molar refractivity (Wildman–Crippen MR) is 97.1 cm³/mol. The van der Waals surface area contributed by atoms with Crippen LogP contribution in [0.2, 0.25) is 0 Å². The van der Waals surface area contributed by atoms with Crippen molar-refractivity contribution in [3.8, 4) is 0 Å². The van der Waals surface area contributed by atoms with Crippen molar-refractivity contribution in [2.75, 3.05) is 46.4 Å². The van der Waals surface area contributed by atoms with Crippen LogP contribution in [-0.2, 0) is 16.1 Å². The molecule has 0 spiro atoms. The summed E-state index contributed by atoms with van der Waals surface area (Å²) in [5.74, 6) is 0.704. The number of morpholine rings is 1. The number of piperazine rings is 1. The lowest BCUT2D eigenvalue weighted by Gasteiger charge is -2.48. The van der Waals surface area contributed by atoms with E-state index in [1.165, 1.54) is 18.9 Å². The molecule has 5 nitrogen and oxygen atoms in total. The average Bonchev–Trinajstić information content (AvgIpc) is 3.47. The van der Waals surface area contributed by atoms with Gasteiger partial charge in [-0.05, 0) is 31.9 Å². The molecule has 3 fully saturated rings. The number of ether oxygens (including phenoxy) is 1. The second-order valence-electron chi connectivity index (χ2n) is 7.94. The Labute approximate surface area is 154 Å². The molecule has 0 bridgehead atoms. The molecule has 142 valence electrons. The zero-order valence-corrected chi connectivity index (χ0v) is 15.4. The summed E-state index contributed by atoms with van der Waals surface area (Å²) in [7, 11) is 1.87. The SMILES string of the molecule is CN(CC(=O)N1CCN2[C@@H](COC[C@@H]2C2CC2)C1)Cc1ccccc1F. The van der Waals surface area contributed by atoms with Gasteiger partial charge in [-0.3, -0.25) is 14.6 Å². The standard InChI is InChI=1S/C20H28FN3O2/c1-22(10-16-4-2-3-5-18(16)21)12-20(25)23-8-9-24-17(11-23)13-26-14-19(24)15-6-7-15/h2-5,15,17,19H,6-14H2,1H3/t17-,19-/m1/s1. The smallest absolute Gasteiger partial charge is 0.236 e. The summed E-state index contributed by atoms with van der Waals surface area (Å²) in [6.07, 6.45) is 2.64. The lowest BCUT2D eigenvalue weighted by atomic mass is 10.0. The van der Waals surface area contributed by atoms with Crippen molar-refractivity contribution in [3.63, 3.8) is 0 Å². The summed E-state index contributed by atoms with van der Waals surface area (Å²) in [4.78, 5) is 19.1. The number of hydrogen-bond donors (Lipinski definition) is 0. The lowest BCUT2D eigenvalue weighted by molar-refractivity contribution is -0.141. The molecular formula is C20H28FN3O2. The van der Waals surface area contributed by atoms with Crippen molar-refractivity contribution in [1.82, 2.24) is 14.7 Å². The summed E-state index contributed by atoms with van der Waals surface area (Å²) < 4.78 is 19.6. The van der Waals surface area contributed by atoms with E-state index < -0.39 is 0 Å². The first-order valence-corrected chi connectivity index (χ1v) is 9.65. The van der Waals surface area contributed by atoms with Gasteiger partial charge in [0.15, 0.2) is 0 Å². The Morgan fingerprint density at radius 3 is 2.85 bits per heavy atom. The Morgan fingerprint density at radius 1 is 1.27 bits per heavy atom. The topological polar surface area (TPSA) is 36.0 Å². The van der Waals surface area contributed by atoms with E-state index in [-0.39, 0.29) is 11.7 Å². The number of rotatable bonds is 5. The summed E-state index contributed by atoms with van der Waals surface area (Å²) in [5, 5.41) is 0. The fourth-order valence-electron chi connectivity index (χ4n) is 4.29. The Balaban J connectivity index is 1.30. The zero-order valence-electron chi connectivity index (χ0n) is 15.4. The quantitative estimate of drug-likeness (QED) is 0.798. The first-order valence-electron chi connectivity index (χ1n) is 9.65. The first kappa shape index (κ1) is 17.9. The van der Waals surface area contributed by atoms with Gasteiger partial charge in [0.05, 0.1) is 25.8 Å². The maximum Gasteiger partial charge on any atom is 0.236 e. The first-order chi connectivity index (χ1) is 12.6. The second-order valence-corrected chi connectivity index (χ2v) is 7.94. The molecule has 4 rings (SSSR count). The van der Waals surface area contributed by atoms with Crippen molar-refractivity contribution in [1.29, 1.82) is 0 Å². The van der Waals surface area contributed by atoms with E-state index in [1.807, 2.05) is 22.9 Å². The van der Waals surface area contributed by atoms with Crippen LogP contribution >= 0.6 is 0 Å². The third kappa shape index (κ3) is 3.92. The third-order valence-electron chi connectivity index (χ3n) is 5.88. The van der Waals surface area contributed by atoms with Crippen LogP contribution in [-0.4, -0.2) is 79.1 Å². The molecule has 2 atom stereocenters. The van der Waals surface area contributed by atoms with E-state index in [2.05, 4.69) is 4.90 Å². The third-order valence-corrected chi connectivity index (χ3v) is 5.88. The maximum atomic E-state index is 13.8. The Kier molecular flexibility index (Phi) is 5.25. The van der Waals surface area contributed by atoms with Crippen molar-refractivity contribution < 1.29 is 13.9 Å². The van der Waals surface area contributed by atoms with E-state index >= 15 is 0 Å². The Hall–Kier alpha value is -1.50. The number of amides is 1. The van der Waals surface area contributed by atoms with Gasteiger partial charge in [0, 0.05) is 37.8 Å². The van der Waals surface area contributed by atoms with Gasteiger partial charge in [-0.1, -0.05) is 18.2 Å². The van der Waals surface area contributed by atoms with Gasteiger partial charge < -0.3 is 9.64 Å². The minimum absolute atomic E-state index is 0.122. The number of benzene rings is 1. The Bertz CT molecular complexity index is 652. The summed E-state index contributed by atoms with van der Waals surface area (Å²) in [6, 6.07) is 7.62. The monoisotopic (exact) mass is 361 g/mol. The molecule has 0 unspecified atom stereocenters. The van der Waals surface area contributed by atoms with Crippen LogP contribution in [0.3, 0.4) is 0 Å². The summed E-state index contributed by atoms with van der Waals surface area (Å²) in [5.41, 5.74) is 0.626. The number of carbonyl (C=O) groups is 1. The van der Waals surface area contributed by atoms with Gasteiger partial charge in [0.25, 0.3) is 0 Å². The molecule has 0 N–H and O–H groups in total. The van der Waals surface area contributed by atoms with Crippen LogP contribution in [0.25, 0.3) is 0 Å². The number of halogens is 1. The maximum absolute atomic E-state index is 13.8. The van der Waals surface area contributed by atoms with Crippen LogP contribution in [0.1, 0.15) is 18.4 Å². The number of hydrogen-bond acceptors (Lipinski definition) is 4. The van der Waals surface area contributed by atoms with Crippen LogP contribution in [0.4, 0.5) is 4.39 Å². The molecule has 2 aliphatic heterocycles. The van der Waals surface area contributed by atoms with Crippen molar-refractivity contribution in [3.05, 3.63) is 35.6 Å². The van der Waals surface area contributed by atoms with Crippen LogP contribution in [0.15, 0.2) is 24.3 Å². The highest BCUT2D eigenvalue weighted by molar-refractivity contribution is 5.78. The van der Waals surface area contributed by atoms with Crippen LogP contribution in [0, 0.1) is 11.7 Å². The van der Waals surface area contributed by atoms with Crippen LogP contribution < -0.4 is 0 Å². The molecule has 0 radical (unpaired) electrons. The molecular weight excluding hydrogens is 333 g/mol. The molecule has 1 saturated carbocycles. The molecule has 2 saturated heterocycles. The number of likely N-dealkylation sites (N-methyl/N-ethyl adjacent to an activating group) is 1. The molecule has 2 heterocycles. The van der Waals surface area contributed by atoms with Gasteiger partial charge in [-0.25, -0.2) is 4.39 Å². The summed E-state index contributed by atoms with van der Waals surface area (Å²) in [6.45, 7) is 4.79. The van der Waals surface area contributed by atoms with Crippen molar-refractivity contribution >= 4 is 5.91 Å². The van der Waals surface area contributed by atoms with Gasteiger partial charge in [0.2, 0.25) is 5.91 Å². The zero-order chi connectivity index (χ0) is 18.1. The van der Waals surface area contributed by atoms with E-state index in [9.17, 15) is 9.18 Å². The molecule has 1 aromatic carbocycles. The fourth-order valence-corrected chi connectivity index (χ4v) is 4.29. The minimum Gasteiger partial charge on any atom is -0.378 e. The van der Waals surface area contributed by atoms with Crippen molar-refractivity contribution in [2.24, 2.45) is 5.92 Å². The highest BCUT2D eigenvalue weighted by atomic mass is 19.1. The van der Waals surface area contributed by atoms with Gasteiger partial charge in [-0.15, -0.1) is 0 Å². The molecule has 1 amide bonds. The highest BCUT2D eigenvalue weighted by Gasteiger charge is 2.43. The largest absolute Gasteiger partial charge is 0.378 e. The number of fused-ring (bicyclic) bond motifs is 1. The molecule has 26 heavy (non-hydrogen) atoms. The second kappa shape index (κ2) is 7.62. The molecule has 1 aliphatic carbocycles. The predicted octanol–water partition coefficient (Wildman–Crippen LogP) is 1.58. The lowest BCUT2D eigenvalue weighted by Crippen LogP contribution is -2.63. The van der Waals surface area contributed by atoms with Crippen molar-refractivity contribution in [2.45, 2.75) is 31.5 Å². The molecule has 6 heteroatoms. The Morgan fingerprint density at radius 2 is 2.08 bits per heavy atom. The average molecular weight is 361 g/mol. The van der Waals surface area contributed by atoms with E-state index in [0.717, 1.165) is 38.8 Å². The van der Waals surface area contributed by atoms with E-state index in [4.69, 9.17) is 4.74 Å².